The first-order valence-electron chi connectivity index (χ1n) is 8.86. The average Bonchev–Trinajstić information content (AvgIpc) is 3.39. The Bertz CT molecular complexity index is 1170. The molecule has 0 radical (unpaired) electrons. The molecule has 4 N–H and O–H groups in total. The van der Waals surface area contributed by atoms with Gasteiger partial charge in [0, 0.05) is 11.4 Å². The maximum atomic E-state index is 9.17. The Morgan fingerprint density at radius 1 is 1.32 bits per heavy atom. The molecule has 0 aliphatic carbocycles. The van der Waals surface area contributed by atoms with Crippen molar-refractivity contribution in [3.05, 3.63) is 39.2 Å². The van der Waals surface area contributed by atoms with Crippen molar-refractivity contribution < 1.29 is 0 Å². The van der Waals surface area contributed by atoms with E-state index in [-0.39, 0.29) is 5.82 Å². The van der Waals surface area contributed by atoms with E-state index >= 15 is 0 Å². The Morgan fingerprint density at radius 3 is 2.93 bits per heavy atom. The molecule has 0 aromatic carbocycles. The standard InChI is InChI=1S/C19H19N7S2/c1-10-11(2)28-19-15(10)18(23-17(24-19)14-6-4-8-27-14)22-7-3-5-13-12(9-20)16(21)26-25-13/h4,6,8H,3,5,7H2,1-2H3,(H3,21,25,26)(H,22,23,24). The van der Waals surface area contributed by atoms with Gasteiger partial charge in [-0.25, -0.2) is 9.97 Å². The van der Waals surface area contributed by atoms with Gasteiger partial charge in [0.25, 0.3) is 0 Å². The second kappa shape index (κ2) is 7.58. The number of H-pyrrole nitrogens is 1. The highest BCUT2D eigenvalue weighted by Gasteiger charge is 2.16. The molecule has 0 aliphatic rings. The minimum atomic E-state index is 0.257. The molecule has 0 aliphatic heterocycles. The first kappa shape index (κ1) is 18.4. The van der Waals surface area contributed by atoms with Gasteiger partial charge in [-0.15, -0.1) is 22.7 Å². The van der Waals surface area contributed by atoms with E-state index in [4.69, 9.17) is 15.7 Å². The van der Waals surface area contributed by atoms with Crippen LogP contribution >= 0.6 is 22.7 Å². The summed E-state index contributed by atoms with van der Waals surface area (Å²) in [4.78, 5) is 12.9. The van der Waals surface area contributed by atoms with Crippen molar-refractivity contribution >= 4 is 44.5 Å². The number of nitrogens with two attached hydrogens (primary N) is 1. The van der Waals surface area contributed by atoms with E-state index in [1.54, 1.807) is 22.7 Å². The average molecular weight is 410 g/mol. The predicted molar refractivity (Wildman–Crippen MR) is 115 cm³/mol. The lowest BCUT2D eigenvalue weighted by molar-refractivity contribution is 0.823. The maximum Gasteiger partial charge on any atom is 0.173 e. The Labute approximate surface area is 170 Å². The molecular weight excluding hydrogens is 390 g/mol. The van der Waals surface area contributed by atoms with E-state index in [1.165, 1.54) is 10.4 Å². The highest BCUT2D eigenvalue weighted by atomic mass is 32.1. The van der Waals surface area contributed by atoms with Gasteiger partial charge in [0.2, 0.25) is 0 Å². The highest BCUT2D eigenvalue weighted by molar-refractivity contribution is 7.19. The summed E-state index contributed by atoms with van der Waals surface area (Å²) in [6.07, 6.45) is 1.51. The summed E-state index contributed by atoms with van der Waals surface area (Å²) in [5, 5.41) is 22.5. The number of anilines is 2. The SMILES string of the molecule is Cc1sc2nc(-c3cccs3)nc(NCCCc3[nH]nc(N)c3C#N)c2c1C. The number of hydrogen-bond acceptors (Lipinski definition) is 8. The lowest BCUT2D eigenvalue weighted by atomic mass is 10.1. The van der Waals surface area contributed by atoms with Crippen molar-refractivity contribution in [2.45, 2.75) is 26.7 Å². The number of rotatable bonds is 6. The minimum Gasteiger partial charge on any atom is -0.381 e. The first-order valence-corrected chi connectivity index (χ1v) is 10.6. The monoisotopic (exact) mass is 409 g/mol. The van der Waals surface area contributed by atoms with Crippen LogP contribution in [0.5, 0.6) is 0 Å². The summed E-state index contributed by atoms with van der Waals surface area (Å²) in [6, 6.07) is 6.15. The van der Waals surface area contributed by atoms with E-state index in [0.29, 0.717) is 18.5 Å². The summed E-state index contributed by atoms with van der Waals surface area (Å²) < 4.78 is 0. The van der Waals surface area contributed by atoms with E-state index in [2.05, 4.69) is 35.4 Å². The molecule has 9 heteroatoms. The molecule has 0 spiro atoms. The summed E-state index contributed by atoms with van der Waals surface area (Å²) >= 11 is 3.33. The first-order chi connectivity index (χ1) is 13.6. The van der Waals surface area contributed by atoms with Gasteiger partial charge in [-0.05, 0) is 43.7 Å². The number of thiophene rings is 2. The molecule has 7 nitrogen and oxygen atoms in total. The number of aromatic amines is 1. The van der Waals surface area contributed by atoms with Crippen LogP contribution in [0.1, 0.15) is 28.1 Å². The van der Waals surface area contributed by atoms with Crippen molar-refractivity contribution in [1.29, 1.82) is 5.26 Å². The Balaban J connectivity index is 1.56. The van der Waals surface area contributed by atoms with Gasteiger partial charge in [0.15, 0.2) is 11.6 Å². The second-order valence-electron chi connectivity index (χ2n) is 6.44. The van der Waals surface area contributed by atoms with E-state index in [9.17, 15) is 5.26 Å². The fourth-order valence-corrected chi connectivity index (χ4v) is 4.75. The quantitative estimate of drug-likeness (QED) is 0.410. The van der Waals surface area contributed by atoms with E-state index in [0.717, 1.165) is 38.9 Å². The number of nitriles is 1. The van der Waals surface area contributed by atoms with Crippen molar-refractivity contribution in [3.63, 3.8) is 0 Å². The molecule has 142 valence electrons. The highest BCUT2D eigenvalue weighted by Crippen LogP contribution is 2.35. The topological polar surface area (TPSA) is 116 Å². The number of nitrogens with zero attached hydrogens (tertiary/aromatic N) is 4. The lowest BCUT2D eigenvalue weighted by Crippen LogP contribution is -2.07. The lowest BCUT2D eigenvalue weighted by Gasteiger charge is -2.09. The second-order valence-corrected chi connectivity index (χ2v) is 8.59. The largest absolute Gasteiger partial charge is 0.381 e. The Morgan fingerprint density at radius 2 is 2.18 bits per heavy atom. The fourth-order valence-electron chi connectivity index (χ4n) is 3.07. The zero-order valence-electron chi connectivity index (χ0n) is 15.5. The number of nitrogen functional groups attached to an aromatic ring is 1. The summed E-state index contributed by atoms with van der Waals surface area (Å²) in [5.41, 5.74) is 8.13. The van der Waals surface area contributed by atoms with Gasteiger partial charge < -0.3 is 11.1 Å². The van der Waals surface area contributed by atoms with Crippen LogP contribution < -0.4 is 11.1 Å². The molecule has 0 saturated heterocycles. The normalized spacial score (nSPS) is 11.0. The summed E-state index contributed by atoms with van der Waals surface area (Å²) in [7, 11) is 0. The molecule has 4 heterocycles. The molecule has 0 saturated carbocycles. The van der Waals surface area contributed by atoms with Crippen LogP contribution in [0.2, 0.25) is 0 Å². The van der Waals surface area contributed by atoms with Gasteiger partial charge in [0.1, 0.15) is 22.3 Å². The minimum absolute atomic E-state index is 0.257. The molecule has 28 heavy (non-hydrogen) atoms. The van der Waals surface area contributed by atoms with Crippen molar-refractivity contribution in [2.75, 3.05) is 17.6 Å². The number of fused-ring (bicyclic) bond motifs is 1. The molecule has 0 atom stereocenters. The number of aromatic nitrogens is 4. The molecule has 0 fully saturated rings. The van der Waals surface area contributed by atoms with Crippen LogP contribution in [0, 0.1) is 25.2 Å². The third kappa shape index (κ3) is 3.32. The Hall–Kier alpha value is -2.96. The number of nitrogens with one attached hydrogen (secondary N) is 2. The zero-order valence-corrected chi connectivity index (χ0v) is 17.2. The van der Waals surface area contributed by atoms with Gasteiger partial charge in [0.05, 0.1) is 16.0 Å². The summed E-state index contributed by atoms with van der Waals surface area (Å²) in [6.45, 7) is 4.94. The van der Waals surface area contributed by atoms with Gasteiger partial charge in [-0.1, -0.05) is 6.07 Å². The van der Waals surface area contributed by atoms with Gasteiger partial charge in [-0.2, -0.15) is 10.4 Å². The molecular formula is C19H19N7S2. The van der Waals surface area contributed by atoms with E-state index < -0.39 is 0 Å². The van der Waals surface area contributed by atoms with E-state index in [1.807, 2.05) is 17.5 Å². The molecule has 0 amide bonds. The number of hydrogen-bond donors (Lipinski definition) is 3. The predicted octanol–water partition coefficient (Wildman–Crippen LogP) is 4.26. The Kier molecular flexibility index (Phi) is 4.98. The van der Waals surface area contributed by atoms with Crippen LogP contribution in [0.15, 0.2) is 17.5 Å². The van der Waals surface area contributed by atoms with Gasteiger partial charge in [-0.3, -0.25) is 5.10 Å². The van der Waals surface area contributed by atoms with Crippen LogP contribution in [0.25, 0.3) is 20.9 Å². The summed E-state index contributed by atoms with van der Waals surface area (Å²) in [5.74, 6) is 1.87. The van der Waals surface area contributed by atoms with Crippen LogP contribution in [0.4, 0.5) is 11.6 Å². The van der Waals surface area contributed by atoms with Crippen LogP contribution in [-0.4, -0.2) is 26.7 Å². The molecule has 4 aromatic heterocycles. The smallest absolute Gasteiger partial charge is 0.173 e. The van der Waals surface area contributed by atoms with Gasteiger partial charge >= 0.3 is 0 Å². The van der Waals surface area contributed by atoms with Crippen molar-refractivity contribution in [3.8, 4) is 16.8 Å². The zero-order chi connectivity index (χ0) is 19.7. The third-order valence-electron chi connectivity index (χ3n) is 4.65. The van der Waals surface area contributed by atoms with Crippen LogP contribution in [0.3, 0.4) is 0 Å². The molecule has 4 aromatic rings. The van der Waals surface area contributed by atoms with Crippen molar-refractivity contribution in [2.24, 2.45) is 0 Å². The maximum absolute atomic E-state index is 9.17. The number of aryl methyl sites for hydroxylation is 3. The molecule has 4 rings (SSSR count). The molecule has 0 unspecified atom stereocenters. The third-order valence-corrected chi connectivity index (χ3v) is 6.61. The molecule has 0 bridgehead atoms. The van der Waals surface area contributed by atoms with Crippen LogP contribution in [-0.2, 0) is 6.42 Å². The fraction of sp³-hybridized carbons (Fsp3) is 0.263. The van der Waals surface area contributed by atoms with Crippen molar-refractivity contribution in [1.82, 2.24) is 20.2 Å².